The molecule has 1 heterocycles. The average molecular weight is 981 g/mol. The predicted molar refractivity (Wildman–Crippen MR) is 293 cm³/mol. The molecule has 0 amide bonds. The summed E-state index contributed by atoms with van der Waals surface area (Å²) in [6.45, 7) is 4.39. The van der Waals surface area contributed by atoms with Crippen LogP contribution in [0.4, 0.5) is 0 Å². The lowest BCUT2D eigenvalue weighted by Crippen LogP contribution is -2.59. The van der Waals surface area contributed by atoms with Crippen LogP contribution in [-0.4, -0.2) is 89.6 Å². The standard InChI is InChI=1S/C61H104O9/c1-3-5-7-9-11-13-15-17-19-21-23-25-26-27-28-29-31-33-35-37-39-41-43-45-47-49-51-67-53-55(54-68-61-60(66)59(65)58(64)56(52-62)70-61)69-57(63)50-48-46-44-42-40-38-36-34-32-30-24-22-20-18-16-14-12-10-8-6-4-2/h6,8,12,14-15,17-18,20-21,23-24,30,34,36,40,42,55-56,58-62,64-66H,3-5,7,9-11,13,16,19,22,25-29,31-33,35,37-39,41,43-54H2,1-2H3/b8-6-,14-12-,17-15-,20-18-,23-21-,30-24-,36-34-,42-40-. The van der Waals surface area contributed by atoms with Gasteiger partial charge in [-0.1, -0.05) is 214 Å². The quantitative estimate of drug-likeness (QED) is 0.0267. The fraction of sp³-hybridized carbons (Fsp3) is 0.721. The number of carbonyl (C=O) groups excluding carboxylic acids is 1. The van der Waals surface area contributed by atoms with Crippen LogP contribution in [0, 0.1) is 0 Å². The third-order valence-electron chi connectivity index (χ3n) is 12.5. The van der Waals surface area contributed by atoms with Crippen LogP contribution in [-0.2, 0) is 23.7 Å². The average Bonchev–Trinajstić information content (AvgIpc) is 3.36. The van der Waals surface area contributed by atoms with Gasteiger partial charge in [0.05, 0.1) is 19.8 Å². The van der Waals surface area contributed by atoms with E-state index in [4.69, 9.17) is 18.9 Å². The second kappa shape index (κ2) is 51.0. The Bertz CT molecular complexity index is 1390. The molecular formula is C61H104O9. The van der Waals surface area contributed by atoms with Crippen molar-refractivity contribution in [3.05, 3.63) is 97.2 Å². The van der Waals surface area contributed by atoms with Crippen LogP contribution in [0.2, 0.25) is 0 Å². The van der Waals surface area contributed by atoms with Gasteiger partial charge < -0.3 is 39.4 Å². The van der Waals surface area contributed by atoms with Crippen molar-refractivity contribution >= 4 is 5.97 Å². The minimum Gasteiger partial charge on any atom is -0.457 e. The second-order valence-corrected chi connectivity index (χ2v) is 19.0. The van der Waals surface area contributed by atoms with Gasteiger partial charge in [0, 0.05) is 13.0 Å². The summed E-state index contributed by atoms with van der Waals surface area (Å²) in [4.78, 5) is 12.9. The van der Waals surface area contributed by atoms with Crippen molar-refractivity contribution in [2.24, 2.45) is 0 Å². The van der Waals surface area contributed by atoms with Gasteiger partial charge >= 0.3 is 5.97 Å². The number of ether oxygens (including phenoxy) is 4. The van der Waals surface area contributed by atoms with Crippen LogP contribution >= 0.6 is 0 Å². The molecule has 0 aromatic carbocycles. The lowest BCUT2D eigenvalue weighted by Gasteiger charge is -2.39. The van der Waals surface area contributed by atoms with Crippen LogP contribution in [0.25, 0.3) is 0 Å². The monoisotopic (exact) mass is 981 g/mol. The number of hydrogen-bond donors (Lipinski definition) is 4. The highest BCUT2D eigenvalue weighted by molar-refractivity contribution is 5.69. The number of carbonyl (C=O) groups is 1. The lowest BCUT2D eigenvalue weighted by molar-refractivity contribution is -0.305. The first kappa shape index (κ1) is 65.1. The van der Waals surface area contributed by atoms with Gasteiger partial charge in [-0.2, -0.15) is 0 Å². The topological polar surface area (TPSA) is 135 Å². The van der Waals surface area contributed by atoms with E-state index in [9.17, 15) is 25.2 Å². The molecule has 0 radical (unpaired) electrons. The lowest BCUT2D eigenvalue weighted by atomic mass is 9.99. The Morgan fingerprint density at radius 1 is 0.471 bits per heavy atom. The number of unbranched alkanes of at least 4 members (excludes halogenated alkanes) is 21. The Kier molecular flexibility index (Phi) is 47.5. The maximum atomic E-state index is 12.9. The van der Waals surface area contributed by atoms with Crippen LogP contribution in [0.5, 0.6) is 0 Å². The maximum Gasteiger partial charge on any atom is 0.306 e. The molecule has 0 aliphatic carbocycles. The Morgan fingerprint density at radius 2 is 0.871 bits per heavy atom. The number of allylic oxidation sites excluding steroid dienone is 16. The molecule has 9 heteroatoms. The summed E-state index contributed by atoms with van der Waals surface area (Å²) in [7, 11) is 0. The molecule has 1 aliphatic rings. The van der Waals surface area contributed by atoms with Gasteiger partial charge in [-0.3, -0.25) is 4.79 Å². The van der Waals surface area contributed by atoms with Gasteiger partial charge in [-0.15, -0.1) is 0 Å². The van der Waals surface area contributed by atoms with E-state index in [1.807, 2.05) is 0 Å². The van der Waals surface area contributed by atoms with E-state index in [2.05, 4.69) is 111 Å². The Labute approximate surface area is 428 Å². The summed E-state index contributed by atoms with van der Waals surface area (Å²) in [5.74, 6) is -0.356. The van der Waals surface area contributed by atoms with Crippen LogP contribution < -0.4 is 0 Å². The zero-order valence-corrected chi connectivity index (χ0v) is 44.5. The number of hydrogen-bond acceptors (Lipinski definition) is 9. The first-order valence-electron chi connectivity index (χ1n) is 28.3. The minimum absolute atomic E-state index is 0.122. The first-order valence-corrected chi connectivity index (χ1v) is 28.3. The third kappa shape index (κ3) is 40.7. The van der Waals surface area contributed by atoms with Crippen molar-refractivity contribution in [3.63, 3.8) is 0 Å². The SMILES string of the molecule is CC/C=C\C/C=C\C/C=C\C/C=C\C/C=C\C/C=C\CCCCC(=O)OC(COCCCCCCCCCCCCCCCC/C=C\C/C=C\CCCCCCC)COC1OC(CO)C(O)C(O)C1O. The Hall–Kier alpha value is -2.89. The molecular weight excluding hydrogens is 877 g/mol. The van der Waals surface area contributed by atoms with E-state index < -0.39 is 43.4 Å². The zero-order chi connectivity index (χ0) is 50.6. The normalized spacial score (nSPS) is 19.7. The van der Waals surface area contributed by atoms with Gasteiger partial charge in [0.2, 0.25) is 0 Å². The summed E-state index contributed by atoms with van der Waals surface area (Å²) >= 11 is 0. The van der Waals surface area contributed by atoms with Gasteiger partial charge in [-0.05, 0) is 96.3 Å². The summed E-state index contributed by atoms with van der Waals surface area (Å²) in [6, 6.07) is 0. The highest BCUT2D eigenvalue weighted by Crippen LogP contribution is 2.23. The number of esters is 1. The fourth-order valence-electron chi connectivity index (χ4n) is 8.11. The number of aliphatic hydroxyl groups excluding tert-OH is 4. The molecule has 4 N–H and O–H groups in total. The van der Waals surface area contributed by atoms with Crippen molar-refractivity contribution in [2.45, 2.75) is 256 Å². The molecule has 9 nitrogen and oxygen atoms in total. The van der Waals surface area contributed by atoms with Gasteiger partial charge in [0.15, 0.2) is 6.29 Å². The molecule has 70 heavy (non-hydrogen) atoms. The van der Waals surface area contributed by atoms with Crippen molar-refractivity contribution in [2.75, 3.05) is 26.4 Å². The van der Waals surface area contributed by atoms with E-state index in [1.165, 1.54) is 122 Å². The highest BCUT2D eigenvalue weighted by atomic mass is 16.7. The van der Waals surface area contributed by atoms with Crippen LogP contribution in [0.15, 0.2) is 97.2 Å². The Morgan fingerprint density at radius 3 is 1.31 bits per heavy atom. The van der Waals surface area contributed by atoms with E-state index in [-0.39, 0.29) is 25.6 Å². The first-order chi connectivity index (χ1) is 34.4. The molecule has 402 valence electrons. The molecule has 1 fully saturated rings. The molecule has 0 bridgehead atoms. The molecule has 1 aliphatic heterocycles. The molecule has 0 saturated carbocycles. The maximum absolute atomic E-state index is 12.9. The zero-order valence-electron chi connectivity index (χ0n) is 44.5. The van der Waals surface area contributed by atoms with Gasteiger partial charge in [0.25, 0.3) is 0 Å². The third-order valence-corrected chi connectivity index (χ3v) is 12.5. The highest BCUT2D eigenvalue weighted by Gasteiger charge is 2.44. The molecule has 6 atom stereocenters. The molecule has 0 aromatic heterocycles. The molecule has 0 spiro atoms. The van der Waals surface area contributed by atoms with Crippen molar-refractivity contribution in [1.82, 2.24) is 0 Å². The molecule has 1 rings (SSSR count). The van der Waals surface area contributed by atoms with E-state index in [0.717, 1.165) is 70.6 Å². The van der Waals surface area contributed by atoms with Crippen molar-refractivity contribution in [1.29, 1.82) is 0 Å². The minimum atomic E-state index is -1.55. The van der Waals surface area contributed by atoms with Crippen LogP contribution in [0.1, 0.15) is 219 Å². The van der Waals surface area contributed by atoms with Crippen molar-refractivity contribution in [3.8, 4) is 0 Å². The molecule has 6 unspecified atom stereocenters. The summed E-state index contributed by atoms with van der Waals surface area (Å²) in [5, 5.41) is 40.3. The largest absolute Gasteiger partial charge is 0.457 e. The smallest absolute Gasteiger partial charge is 0.306 e. The van der Waals surface area contributed by atoms with E-state index in [1.54, 1.807) is 0 Å². The molecule has 0 aromatic rings. The van der Waals surface area contributed by atoms with Gasteiger partial charge in [0.1, 0.15) is 30.5 Å². The number of aliphatic hydroxyl groups is 4. The van der Waals surface area contributed by atoms with Crippen molar-refractivity contribution < 1.29 is 44.2 Å². The van der Waals surface area contributed by atoms with E-state index >= 15 is 0 Å². The van der Waals surface area contributed by atoms with Gasteiger partial charge in [-0.25, -0.2) is 0 Å². The summed E-state index contributed by atoms with van der Waals surface area (Å²) in [6.07, 6.45) is 64.5. The second-order valence-electron chi connectivity index (χ2n) is 19.0. The van der Waals surface area contributed by atoms with E-state index in [0.29, 0.717) is 13.0 Å². The van der Waals surface area contributed by atoms with Crippen LogP contribution in [0.3, 0.4) is 0 Å². The summed E-state index contributed by atoms with van der Waals surface area (Å²) < 4.78 is 22.9. The Balaban J connectivity index is 2.20. The predicted octanol–water partition coefficient (Wildman–Crippen LogP) is 14.7. The molecule has 1 saturated heterocycles. The number of rotatable bonds is 48. The fourth-order valence-corrected chi connectivity index (χ4v) is 8.11. The summed E-state index contributed by atoms with van der Waals surface area (Å²) in [5.41, 5.74) is 0.